The van der Waals surface area contributed by atoms with Crippen molar-refractivity contribution in [1.29, 1.82) is 0 Å². The molecule has 0 bridgehead atoms. The Labute approximate surface area is 91.6 Å². The van der Waals surface area contributed by atoms with Gasteiger partial charge in [0.25, 0.3) is 0 Å². The summed E-state index contributed by atoms with van der Waals surface area (Å²) in [6.07, 6.45) is 0. The predicted molar refractivity (Wildman–Crippen MR) is 63.7 cm³/mol. The van der Waals surface area contributed by atoms with Gasteiger partial charge in [-0.15, -0.1) is 0 Å². The molecule has 70 valence electrons. The average Bonchev–Trinajstić information content (AvgIpc) is 2.01. The van der Waals surface area contributed by atoms with Crippen LogP contribution in [0.2, 0.25) is 0 Å². The number of rotatable bonds is 2. The van der Waals surface area contributed by atoms with E-state index in [0.717, 1.165) is 6.04 Å². The number of benzene rings is 1. The standard InChI is InChI=1S/C10H12BrNS/c1-12(8-6-13-7-8)10-5-3-2-4-9(10)11/h2-5,8H,6-7H2,1H3. The van der Waals surface area contributed by atoms with Crippen LogP contribution in [-0.2, 0) is 0 Å². The van der Waals surface area contributed by atoms with E-state index in [4.69, 9.17) is 0 Å². The van der Waals surface area contributed by atoms with E-state index in [9.17, 15) is 0 Å². The second-order valence-corrected chi connectivity index (χ2v) is 5.18. The van der Waals surface area contributed by atoms with Crippen molar-refractivity contribution in [2.24, 2.45) is 0 Å². The highest BCUT2D eigenvalue weighted by molar-refractivity contribution is 9.10. The van der Waals surface area contributed by atoms with Crippen molar-refractivity contribution in [2.75, 3.05) is 23.5 Å². The maximum atomic E-state index is 3.57. The minimum absolute atomic E-state index is 0.726. The molecule has 0 aromatic heterocycles. The van der Waals surface area contributed by atoms with Gasteiger partial charge in [0.15, 0.2) is 0 Å². The number of anilines is 1. The number of para-hydroxylation sites is 1. The van der Waals surface area contributed by atoms with Crippen molar-refractivity contribution in [3.05, 3.63) is 28.7 Å². The van der Waals surface area contributed by atoms with Gasteiger partial charge in [-0.2, -0.15) is 11.8 Å². The lowest BCUT2D eigenvalue weighted by atomic mass is 10.2. The van der Waals surface area contributed by atoms with E-state index >= 15 is 0 Å². The first-order valence-electron chi connectivity index (χ1n) is 4.34. The van der Waals surface area contributed by atoms with Gasteiger partial charge in [0.1, 0.15) is 0 Å². The number of hydrogen-bond acceptors (Lipinski definition) is 2. The summed E-state index contributed by atoms with van der Waals surface area (Å²) in [5, 5.41) is 0. The van der Waals surface area contributed by atoms with E-state index in [1.54, 1.807) is 0 Å². The van der Waals surface area contributed by atoms with Gasteiger partial charge in [-0.1, -0.05) is 12.1 Å². The molecule has 0 spiro atoms. The third-order valence-corrected chi connectivity index (χ3v) is 4.31. The monoisotopic (exact) mass is 257 g/mol. The van der Waals surface area contributed by atoms with Gasteiger partial charge in [0.2, 0.25) is 0 Å². The molecule has 1 aromatic carbocycles. The Balaban J connectivity index is 2.18. The summed E-state index contributed by atoms with van der Waals surface area (Å²) in [7, 11) is 2.17. The Bertz CT molecular complexity index is 299. The maximum absolute atomic E-state index is 3.57. The summed E-state index contributed by atoms with van der Waals surface area (Å²) < 4.78 is 1.19. The fourth-order valence-electron chi connectivity index (χ4n) is 1.38. The molecule has 1 saturated heterocycles. The highest BCUT2D eigenvalue weighted by Crippen LogP contribution is 2.31. The largest absolute Gasteiger partial charge is 0.369 e. The smallest absolute Gasteiger partial charge is 0.0511 e. The van der Waals surface area contributed by atoms with Gasteiger partial charge >= 0.3 is 0 Å². The third-order valence-electron chi connectivity index (χ3n) is 2.40. The highest BCUT2D eigenvalue weighted by atomic mass is 79.9. The van der Waals surface area contributed by atoms with Crippen LogP contribution >= 0.6 is 27.7 Å². The van der Waals surface area contributed by atoms with E-state index < -0.39 is 0 Å². The second-order valence-electron chi connectivity index (χ2n) is 3.25. The zero-order chi connectivity index (χ0) is 9.26. The molecule has 0 saturated carbocycles. The third kappa shape index (κ3) is 1.86. The summed E-state index contributed by atoms with van der Waals surface area (Å²) >= 11 is 5.59. The molecule has 13 heavy (non-hydrogen) atoms. The van der Waals surface area contributed by atoms with Crippen LogP contribution in [0.5, 0.6) is 0 Å². The van der Waals surface area contributed by atoms with Crippen molar-refractivity contribution in [2.45, 2.75) is 6.04 Å². The number of thioether (sulfide) groups is 1. The van der Waals surface area contributed by atoms with Crippen LogP contribution in [0.25, 0.3) is 0 Å². The maximum Gasteiger partial charge on any atom is 0.0511 e. The van der Waals surface area contributed by atoms with Gasteiger partial charge in [-0.25, -0.2) is 0 Å². The zero-order valence-corrected chi connectivity index (χ0v) is 9.94. The first-order valence-corrected chi connectivity index (χ1v) is 6.29. The summed E-state index contributed by atoms with van der Waals surface area (Å²) in [4.78, 5) is 2.36. The molecule has 1 heterocycles. The van der Waals surface area contributed by atoms with Crippen molar-refractivity contribution in [1.82, 2.24) is 0 Å². The predicted octanol–water partition coefficient (Wildman–Crippen LogP) is 3.00. The lowest BCUT2D eigenvalue weighted by molar-refractivity contribution is 0.743. The van der Waals surface area contributed by atoms with Gasteiger partial charge in [-0.05, 0) is 28.1 Å². The lowest BCUT2D eigenvalue weighted by Gasteiger charge is -2.36. The van der Waals surface area contributed by atoms with Crippen LogP contribution in [0.1, 0.15) is 0 Å². The SMILES string of the molecule is CN(c1ccccc1Br)C1CSC1. The Morgan fingerprint density at radius 3 is 2.62 bits per heavy atom. The second kappa shape index (κ2) is 3.93. The minimum atomic E-state index is 0.726. The highest BCUT2D eigenvalue weighted by Gasteiger charge is 2.23. The van der Waals surface area contributed by atoms with E-state index in [1.807, 2.05) is 11.8 Å². The van der Waals surface area contributed by atoms with E-state index in [1.165, 1.54) is 21.7 Å². The van der Waals surface area contributed by atoms with E-state index in [-0.39, 0.29) is 0 Å². The molecule has 1 nitrogen and oxygen atoms in total. The minimum Gasteiger partial charge on any atom is -0.369 e. The Kier molecular flexibility index (Phi) is 2.84. The first-order chi connectivity index (χ1) is 6.29. The van der Waals surface area contributed by atoms with Crippen LogP contribution < -0.4 is 4.90 Å². The number of nitrogens with zero attached hydrogens (tertiary/aromatic N) is 1. The van der Waals surface area contributed by atoms with Crippen LogP contribution in [0.4, 0.5) is 5.69 Å². The molecular weight excluding hydrogens is 246 g/mol. The summed E-state index contributed by atoms with van der Waals surface area (Å²) in [5.74, 6) is 2.52. The summed E-state index contributed by atoms with van der Waals surface area (Å²) in [6.45, 7) is 0. The molecule has 1 aromatic rings. The Morgan fingerprint density at radius 1 is 1.38 bits per heavy atom. The number of halogens is 1. The fourth-order valence-corrected chi connectivity index (χ4v) is 2.84. The molecule has 0 radical (unpaired) electrons. The normalized spacial score (nSPS) is 16.8. The van der Waals surface area contributed by atoms with Gasteiger partial charge in [0.05, 0.1) is 5.69 Å². The van der Waals surface area contributed by atoms with Gasteiger partial charge in [-0.3, -0.25) is 0 Å². The Hall–Kier alpha value is -0.150. The van der Waals surface area contributed by atoms with Crippen molar-refractivity contribution in [3.8, 4) is 0 Å². The molecule has 0 aliphatic carbocycles. The zero-order valence-electron chi connectivity index (χ0n) is 7.53. The molecule has 0 atom stereocenters. The molecule has 1 aliphatic rings. The number of hydrogen-bond donors (Lipinski definition) is 0. The molecule has 0 amide bonds. The molecule has 2 rings (SSSR count). The fraction of sp³-hybridized carbons (Fsp3) is 0.400. The lowest BCUT2D eigenvalue weighted by Crippen LogP contribution is -2.42. The van der Waals surface area contributed by atoms with Crippen molar-refractivity contribution < 1.29 is 0 Å². The topological polar surface area (TPSA) is 3.24 Å². The molecule has 1 fully saturated rings. The van der Waals surface area contributed by atoms with E-state index in [0.29, 0.717) is 0 Å². The molecular formula is C10H12BrNS. The summed E-state index contributed by atoms with van der Waals surface area (Å²) in [6, 6.07) is 9.12. The van der Waals surface area contributed by atoms with Crippen LogP contribution in [0.3, 0.4) is 0 Å². The molecule has 3 heteroatoms. The first kappa shape index (κ1) is 9.41. The molecule has 0 unspecified atom stereocenters. The van der Waals surface area contributed by atoms with Gasteiger partial charge < -0.3 is 4.90 Å². The van der Waals surface area contributed by atoms with Crippen LogP contribution in [-0.4, -0.2) is 24.6 Å². The Morgan fingerprint density at radius 2 is 2.08 bits per heavy atom. The molecule has 0 N–H and O–H groups in total. The van der Waals surface area contributed by atoms with Crippen molar-refractivity contribution >= 4 is 33.4 Å². The molecule has 1 aliphatic heterocycles. The summed E-state index contributed by atoms with van der Waals surface area (Å²) in [5.41, 5.74) is 1.30. The van der Waals surface area contributed by atoms with Crippen LogP contribution in [0.15, 0.2) is 28.7 Å². The van der Waals surface area contributed by atoms with Gasteiger partial charge in [0, 0.05) is 29.1 Å². The van der Waals surface area contributed by atoms with Crippen LogP contribution in [0, 0.1) is 0 Å². The van der Waals surface area contributed by atoms with Crippen molar-refractivity contribution in [3.63, 3.8) is 0 Å². The van der Waals surface area contributed by atoms with E-state index in [2.05, 4.69) is 52.1 Å². The quantitative estimate of drug-likeness (QED) is 0.802. The average molecular weight is 258 g/mol.